The largest absolute Gasteiger partial charge is 0.348 e. The summed E-state index contributed by atoms with van der Waals surface area (Å²) >= 11 is 0. The fraction of sp³-hybridized carbons (Fsp3) is 0.0500. The van der Waals surface area contributed by atoms with E-state index in [2.05, 4.69) is 25.4 Å². The predicted molar refractivity (Wildman–Crippen MR) is 100.0 cm³/mol. The third-order valence-corrected chi connectivity index (χ3v) is 3.94. The Morgan fingerprint density at radius 2 is 1.85 bits per heavy atom. The number of amides is 1. The lowest BCUT2D eigenvalue weighted by Gasteiger charge is -2.08. The summed E-state index contributed by atoms with van der Waals surface area (Å²) in [6, 6.07) is 15.2. The summed E-state index contributed by atoms with van der Waals surface area (Å²) < 4.78 is 1.77. The highest BCUT2D eigenvalue weighted by Gasteiger charge is 2.09. The molecule has 3 aromatic heterocycles. The number of hydrogen-bond acceptors (Lipinski definition) is 5. The van der Waals surface area contributed by atoms with Gasteiger partial charge in [-0.2, -0.15) is 5.10 Å². The van der Waals surface area contributed by atoms with E-state index in [9.17, 15) is 4.79 Å². The Morgan fingerprint density at radius 3 is 2.59 bits per heavy atom. The van der Waals surface area contributed by atoms with Gasteiger partial charge in [-0.1, -0.05) is 18.2 Å². The number of rotatable bonds is 5. The van der Waals surface area contributed by atoms with Crippen molar-refractivity contribution in [3.63, 3.8) is 0 Å². The minimum Gasteiger partial charge on any atom is -0.348 e. The van der Waals surface area contributed by atoms with Crippen LogP contribution in [0, 0.1) is 0 Å². The first-order valence-corrected chi connectivity index (χ1v) is 8.40. The Bertz CT molecular complexity index is 1030. The van der Waals surface area contributed by atoms with Crippen molar-refractivity contribution < 1.29 is 4.79 Å². The summed E-state index contributed by atoms with van der Waals surface area (Å²) in [6.07, 6.45) is 8.29. The van der Waals surface area contributed by atoms with E-state index in [-0.39, 0.29) is 5.91 Å². The summed E-state index contributed by atoms with van der Waals surface area (Å²) in [7, 11) is 0. The minimum atomic E-state index is -0.230. The average molecular weight is 356 g/mol. The Morgan fingerprint density at radius 1 is 0.963 bits per heavy atom. The molecule has 0 aliphatic carbocycles. The van der Waals surface area contributed by atoms with Crippen molar-refractivity contribution in [1.29, 1.82) is 0 Å². The van der Waals surface area contributed by atoms with Crippen LogP contribution < -0.4 is 5.32 Å². The Balaban J connectivity index is 1.42. The van der Waals surface area contributed by atoms with Crippen LogP contribution in [0.4, 0.5) is 0 Å². The first-order valence-electron chi connectivity index (χ1n) is 8.40. The van der Waals surface area contributed by atoms with Gasteiger partial charge in [0.1, 0.15) is 5.69 Å². The second-order valence-electron chi connectivity index (χ2n) is 5.81. The third-order valence-electron chi connectivity index (χ3n) is 3.94. The molecule has 0 fully saturated rings. The zero-order chi connectivity index (χ0) is 18.5. The third kappa shape index (κ3) is 3.87. The molecule has 7 nitrogen and oxygen atoms in total. The highest BCUT2D eigenvalue weighted by atomic mass is 16.1. The van der Waals surface area contributed by atoms with Crippen LogP contribution in [0.15, 0.2) is 79.5 Å². The second kappa shape index (κ2) is 7.57. The van der Waals surface area contributed by atoms with Crippen LogP contribution >= 0.6 is 0 Å². The SMILES string of the molecule is O=C(NCc1cccc(-n2cccn2)c1)c1cnc(-c2ccccn2)nc1. The number of benzene rings is 1. The van der Waals surface area contributed by atoms with Crippen LogP contribution in [-0.4, -0.2) is 30.6 Å². The van der Waals surface area contributed by atoms with E-state index in [1.165, 1.54) is 12.4 Å². The lowest BCUT2D eigenvalue weighted by atomic mass is 10.2. The van der Waals surface area contributed by atoms with Crippen LogP contribution in [-0.2, 0) is 6.54 Å². The van der Waals surface area contributed by atoms with E-state index >= 15 is 0 Å². The Labute approximate surface area is 155 Å². The van der Waals surface area contributed by atoms with Crippen LogP contribution in [0.5, 0.6) is 0 Å². The van der Waals surface area contributed by atoms with Crippen molar-refractivity contribution in [2.24, 2.45) is 0 Å². The molecule has 4 rings (SSSR count). The molecule has 0 radical (unpaired) electrons. The van der Waals surface area contributed by atoms with Crippen LogP contribution in [0.1, 0.15) is 15.9 Å². The average Bonchev–Trinajstić information content (AvgIpc) is 3.28. The van der Waals surface area contributed by atoms with Gasteiger partial charge in [0.15, 0.2) is 5.82 Å². The van der Waals surface area contributed by atoms with Gasteiger partial charge in [0.2, 0.25) is 0 Å². The summed E-state index contributed by atoms with van der Waals surface area (Å²) in [4.78, 5) is 25.0. The summed E-state index contributed by atoms with van der Waals surface area (Å²) in [5.74, 6) is 0.256. The molecule has 27 heavy (non-hydrogen) atoms. The molecule has 3 heterocycles. The molecule has 0 aliphatic heterocycles. The first-order chi connectivity index (χ1) is 13.3. The van der Waals surface area contributed by atoms with Crippen LogP contribution in [0.2, 0.25) is 0 Å². The molecule has 0 spiro atoms. The molecule has 1 aromatic carbocycles. The maximum atomic E-state index is 12.4. The van der Waals surface area contributed by atoms with Gasteiger partial charge >= 0.3 is 0 Å². The Hall–Kier alpha value is -3.87. The van der Waals surface area contributed by atoms with Crippen molar-refractivity contribution in [3.05, 3.63) is 90.6 Å². The quantitative estimate of drug-likeness (QED) is 0.594. The molecule has 0 saturated heterocycles. The van der Waals surface area contributed by atoms with Crippen LogP contribution in [0.3, 0.4) is 0 Å². The molecule has 0 bridgehead atoms. The first kappa shape index (κ1) is 16.6. The molecular formula is C20H16N6O. The monoisotopic (exact) mass is 356 g/mol. The van der Waals surface area contributed by atoms with Gasteiger partial charge in [-0.3, -0.25) is 9.78 Å². The molecule has 7 heteroatoms. The van der Waals surface area contributed by atoms with Crippen LogP contribution in [0.25, 0.3) is 17.2 Å². The van der Waals surface area contributed by atoms with Crippen molar-refractivity contribution in [2.75, 3.05) is 0 Å². The topological polar surface area (TPSA) is 85.6 Å². The normalized spacial score (nSPS) is 10.5. The van der Waals surface area contributed by atoms with Gasteiger partial charge in [-0.05, 0) is 35.9 Å². The molecule has 132 valence electrons. The smallest absolute Gasteiger partial charge is 0.254 e. The van der Waals surface area contributed by atoms with E-state index in [0.717, 1.165) is 11.3 Å². The summed E-state index contributed by atoms with van der Waals surface area (Å²) in [5, 5.41) is 7.09. The molecular weight excluding hydrogens is 340 g/mol. The zero-order valence-electron chi connectivity index (χ0n) is 14.4. The van der Waals surface area contributed by atoms with Gasteiger partial charge in [-0.15, -0.1) is 0 Å². The standard InChI is InChI=1S/C20H16N6O/c27-20(16-13-22-19(23-14-16)18-7-1-2-8-21-18)24-12-15-5-3-6-17(11-15)26-10-4-9-25-26/h1-11,13-14H,12H2,(H,24,27). The second-order valence-corrected chi connectivity index (χ2v) is 5.81. The van der Waals surface area contributed by atoms with Gasteiger partial charge < -0.3 is 5.32 Å². The molecule has 4 aromatic rings. The molecule has 0 atom stereocenters. The van der Waals surface area contributed by atoms with Crippen molar-refractivity contribution in [1.82, 2.24) is 30.0 Å². The van der Waals surface area contributed by atoms with Crippen molar-refractivity contribution in [2.45, 2.75) is 6.54 Å². The number of pyridine rings is 1. The van der Waals surface area contributed by atoms with E-state index in [4.69, 9.17) is 0 Å². The zero-order valence-corrected chi connectivity index (χ0v) is 14.4. The van der Waals surface area contributed by atoms with E-state index in [1.54, 1.807) is 17.1 Å². The van der Waals surface area contributed by atoms with Gasteiger partial charge in [0.05, 0.1) is 11.3 Å². The summed E-state index contributed by atoms with van der Waals surface area (Å²) in [5.41, 5.74) is 2.98. The molecule has 1 amide bonds. The van der Waals surface area contributed by atoms with Gasteiger partial charge in [-0.25, -0.2) is 14.6 Å². The van der Waals surface area contributed by atoms with E-state index in [0.29, 0.717) is 23.6 Å². The van der Waals surface area contributed by atoms with E-state index in [1.807, 2.05) is 54.7 Å². The molecule has 1 N–H and O–H groups in total. The highest BCUT2D eigenvalue weighted by molar-refractivity contribution is 5.93. The summed E-state index contributed by atoms with van der Waals surface area (Å²) in [6.45, 7) is 0.399. The fourth-order valence-corrected chi connectivity index (χ4v) is 2.59. The minimum absolute atomic E-state index is 0.230. The molecule has 0 saturated carbocycles. The lowest BCUT2D eigenvalue weighted by molar-refractivity contribution is 0.0950. The highest BCUT2D eigenvalue weighted by Crippen LogP contribution is 2.11. The number of hydrogen-bond donors (Lipinski definition) is 1. The van der Waals surface area contributed by atoms with Crippen molar-refractivity contribution in [3.8, 4) is 17.2 Å². The van der Waals surface area contributed by atoms with Gasteiger partial charge in [0.25, 0.3) is 5.91 Å². The number of carbonyl (C=O) groups is 1. The molecule has 0 aliphatic rings. The molecule has 0 unspecified atom stereocenters. The fourth-order valence-electron chi connectivity index (χ4n) is 2.59. The maximum absolute atomic E-state index is 12.4. The predicted octanol–water partition coefficient (Wildman–Crippen LogP) is 2.65. The van der Waals surface area contributed by atoms with Crippen molar-refractivity contribution >= 4 is 5.91 Å². The number of nitrogens with one attached hydrogen (secondary N) is 1. The number of carbonyl (C=O) groups excluding carboxylic acids is 1. The Kier molecular flexibility index (Phi) is 4.65. The van der Waals surface area contributed by atoms with Gasteiger partial charge in [0, 0.05) is 37.5 Å². The number of nitrogens with zero attached hydrogens (tertiary/aromatic N) is 5. The lowest BCUT2D eigenvalue weighted by Crippen LogP contribution is -2.23. The number of aromatic nitrogens is 5. The maximum Gasteiger partial charge on any atom is 0.254 e. The van der Waals surface area contributed by atoms with E-state index < -0.39 is 0 Å².